The Morgan fingerprint density at radius 2 is 1.63 bits per heavy atom. The van der Waals surface area contributed by atoms with Gasteiger partial charge in [-0.2, -0.15) is 0 Å². The highest BCUT2D eigenvalue weighted by Crippen LogP contribution is 2.53. The van der Waals surface area contributed by atoms with Gasteiger partial charge in [0.05, 0.1) is 7.11 Å². The van der Waals surface area contributed by atoms with E-state index in [2.05, 4.69) is 33.9 Å². The van der Waals surface area contributed by atoms with Crippen LogP contribution in [0.3, 0.4) is 0 Å². The lowest BCUT2D eigenvalue weighted by molar-refractivity contribution is -0.942. The molecule has 43 heavy (non-hydrogen) atoms. The van der Waals surface area contributed by atoms with Crippen LogP contribution in [0.2, 0.25) is 18.1 Å². The Hall–Kier alpha value is -3.53. The molecule has 1 unspecified atom stereocenters. The minimum Gasteiger partial charge on any atom is -0.498 e. The monoisotopic (exact) mass is 607 g/mol. The number of carbonyl (C=O) groups excluding carboxylic acids is 2. The van der Waals surface area contributed by atoms with Gasteiger partial charge in [-0.25, -0.2) is 13.7 Å². The molecule has 0 spiro atoms. The van der Waals surface area contributed by atoms with Crippen molar-refractivity contribution in [2.24, 2.45) is 0 Å². The van der Waals surface area contributed by atoms with Crippen molar-refractivity contribution in [2.45, 2.75) is 76.5 Å². The Morgan fingerprint density at radius 1 is 1.00 bits per heavy atom. The van der Waals surface area contributed by atoms with E-state index in [0.717, 1.165) is 11.1 Å². The summed E-state index contributed by atoms with van der Waals surface area (Å²) in [5.74, 6) is -0.458. The number of ether oxygens (including phenoxy) is 2. The summed E-state index contributed by atoms with van der Waals surface area (Å²) < 4.78 is 31.2. The fourth-order valence-corrected chi connectivity index (χ4v) is 6.83. The van der Waals surface area contributed by atoms with Gasteiger partial charge in [-0.1, -0.05) is 69.3 Å². The van der Waals surface area contributed by atoms with Crippen LogP contribution in [0.25, 0.3) is 0 Å². The molecule has 1 amide bonds. The van der Waals surface area contributed by atoms with Crippen LogP contribution in [0.1, 0.15) is 56.3 Å². The number of rotatable bonds is 10. The van der Waals surface area contributed by atoms with Gasteiger partial charge in [0.15, 0.2) is 8.32 Å². The van der Waals surface area contributed by atoms with Gasteiger partial charge < -0.3 is 23.8 Å². The lowest BCUT2D eigenvalue weighted by atomic mass is 9.93. The number of hydrogen-bond acceptors (Lipinski definition) is 6. The van der Waals surface area contributed by atoms with Crippen LogP contribution >= 0.6 is 0 Å². The minimum atomic E-state index is -2.39. The first-order valence-electron chi connectivity index (χ1n) is 14.6. The molecule has 7 nitrogen and oxygen atoms in total. The molecule has 230 valence electrons. The third kappa shape index (κ3) is 6.25. The smallest absolute Gasteiger partial charge is 0.370 e. The number of quaternary nitrogens is 1. The second-order valence-electron chi connectivity index (χ2n) is 12.9. The zero-order chi connectivity index (χ0) is 31.5. The molecule has 1 fully saturated rings. The van der Waals surface area contributed by atoms with Crippen LogP contribution in [0.5, 0.6) is 5.75 Å². The molecule has 3 aromatic rings. The molecule has 1 saturated heterocycles. The van der Waals surface area contributed by atoms with Crippen molar-refractivity contribution in [3.05, 3.63) is 101 Å². The van der Waals surface area contributed by atoms with Crippen molar-refractivity contribution >= 4 is 20.4 Å². The number of carbonyl (C=O) groups is 2. The van der Waals surface area contributed by atoms with Crippen molar-refractivity contribution in [2.75, 3.05) is 13.7 Å². The summed E-state index contributed by atoms with van der Waals surface area (Å²) in [5, 5.41) is 13.4. The Kier molecular flexibility index (Phi) is 9.49. The van der Waals surface area contributed by atoms with Crippen molar-refractivity contribution < 1.29 is 37.5 Å². The van der Waals surface area contributed by atoms with E-state index in [1.807, 2.05) is 42.5 Å². The van der Waals surface area contributed by atoms with E-state index in [4.69, 9.17) is 13.9 Å². The summed E-state index contributed by atoms with van der Waals surface area (Å²) in [4.78, 5) is 27.4. The number of hydrogen-bond donors (Lipinski definition) is 0. The number of amides is 1. The van der Waals surface area contributed by atoms with E-state index in [0.29, 0.717) is 17.7 Å². The van der Waals surface area contributed by atoms with Gasteiger partial charge in [-0.05, 0) is 48.5 Å². The third-order valence-electron chi connectivity index (χ3n) is 9.39. The topological polar surface area (TPSA) is 84.9 Å². The first kappa shape index (κ1) is 32.4. The summed E-state index contributed by atoms with van der Waals surface area (Å²) in [7, 11) is -1.10. The van der Waals surface area contributed by atoms with E-state index < -0.39 is 36.4 Å². The molecule has 3 aromatic carbocycles. The van der Waals surface area contributed by atoms with Crippen LogP contribution in [-0.2, 0) is 27.1 Å². The Morgan fingerprint density at radius 3 is 2.21 bits per heavy atom. The molecule has 0 N–H and O–H groups in total. The highest BCUT2D eigenvalue weighted by molar-refractivity contribution is 6.74. The van der Waals surface area contributed by atoms with Crippen LogP contribution in [0, 0.1) is 5.82 Å². The number of methoxy groups -OCH3 is 1. The maximum absolute atomic E-state index is 14.1. The largest absolute Gasteiger partial charge is 0.498 e. The maximum atomic E-state index is 14.1. The number of nitrogens with zero attached hydrogens (tertiary/aromatic N) is 1. The normalized spacial score (nSPS) is 22.3. The van der Waals surface area contributed by atoms with Gasteiger partial charge in [-0.3, -0.25) is 0 Å². The summed E-state index contributed by atoms with van der Waals surface area (Å²) in [6.45, 7) is 10.4. The molecule has 0 aromatic heterocycles. The molecule has 0 saturated carbocycles. The summed E-state index contributed by atoms with van der Waals surface area (Å²) >= 11 is 0. The van der Waals surface area contributed by atoms with E-state index >= 15 is 0 Å². The van der Waals surface area contributed by atoms with Gasteiger partial charge in [0, 0.05) is 29.5 Å². The second-order valence-corrected chi connectivity index (χ2v) is 17.7. The van der Waals surface area contributed by atoms with E-state index in [-0.39, 0.29) is 37.0 Å². The van der Waals surface area contributed by atoms with E-state index in [1.54, 1.807) is 30.3 Å². The standard InChI is InChI=1S/C34H42FNO6Si/c1-33(2,3)43(5,6)42-24-34(31(37)40-4)21-20-30(36(34,32(38)39)22-25-12-8-7-9-13-25)26-16-18-28(19-17-26)41-23-27-14-10-11-15-29(27)35/h7-19,30H,20-24H2,1-6H3/t30-,34-,36?/m1/s1. The minimum absolute atomic E-state index is 0.00926. The highest BCUT2D eigenvalue weighted by Gasteiger charge is 2.68. The predicted octanol–water partition coefficient (Wildman–Crippen LogP) is 6.53. The zero-order valence-electron chi connectivity index (χ0n) is 25.9. The molecule has 9 heteroatoms. The molecular formula is C34H42FNO6Si. The molecule has 0 aliphatic carbocycles. The van der Waals surface area contributed by atoms with E-state index in [1.165, 1.54) is 13.2 Å². The zero-order valence-corrected chi connectivity index (χ0v) is 26.9. The van der Waals surface area contributed by atoms with Gasteiger partial charge >= 0.3 is 5.97 Å². The molecule has 0 radical (unpaired) electrons. The second kappa shape index (κ2) is 12.6. The highest BCUT2D eigenvalue weighted by atomic mass is 28.4. The van der Waals surface area contributed by atoms with Crippen LogP contribution in [0.4, 0.5) is 9.18 Å². The summed E-state index contributed by atoms with van der Waals surface area (Å²) in [6.07, 6.45) is -0.729. The molecule has 0 bridgehead atoms. The average Bonchev–Trinajstić information content (AvgIpc) is 3.31. The number of halogens is 1. The van der Waals surface area contributed by atoms with Crippen molar-refractivity contribution in [3.63, 3.8) is 0 Å². The van der Waals surface area contributed by atoms with Crippen LogP contribution < -0.4 is 9.84 Å². The lowest BCUT2D eigenvalue weighted by Gasteiger charge is -2.50. The molecular weight excluding hydrogens is 565 g/mol. The Bertz CT molecular complexity index is 1420. The summed E-state index contributed by atoms with van der Waals surface area (Å²) in [6, 6.07) is 22.2. The van der Waals surface area contributed by atoms with Gasteiger partial charge in [0.2, 0.25) is 5.54 Å². The summed E-state index contributed by atoms with van der Waals surface area (Å²) in [5.41, 5.74) is 0.367. The average molecular weight is 608 g/mol. The first-order valence-corrected chi connectivity index (χ1v) is 17.5. The van der Waals surface area contributed by atoms with E-state index in [9.17, 15) is 19.1 Å². The van der Waals surface area contributed by atoms with Gasteiger partial charge in [0.1, 0.15) is 37.4 Å². The van der Waals surface area contributed by atoms with Crippen LogP contribution in [0.15, 0.2) is 78.9 Å². The van der Waals surface area contributed by atoms with Crippen LogP contribution in [-0.4, -0.2) is 44.1 Å². The number of benzene rings is 3. The molecule has 1 aliphatic rings. The number of esters is 1. The Balaban J connectivity index is 1.76. The maximum Gasteiger partial charge on any atom is 0.370 e. The molecule has 3 atom stereocenters. The van der Waals surface area contributed by atoms with Gasteiger partial charge in [-0.15, -0.1) is 0 Å². The SMILES string of the molecule is COC(=O)[C@]1(CO[Si](C)(C)C(C)(C)C)CC[C@H](c2ccc(OCc3ccccc3F)cc2)[N+]1(Cc1ccccc1)C(=O)[O-]. The lowest BCUT2D eigenvalue weighted by Crippen LogP contribution is -2.73. The van der Waals surface area contributed by atoms with Crippen molar-refractivity contribution in [1.82, 2.24) is 0 Å². The first-order chi connectivity index (χ1) is 20.3. The number of likely N-dealkylation sites (tertiary alicyclic amines) is 1. The Labute approximate surface area is 254 Å². The fraction of sp³-hybridized carbons (Fsp3) is 0.412. The quantitative estimate of drug-likeness (QED) is 0.148. The fourth-order valence-electron chi connectivity index (χ4n) is 5.79. The number of carboxylic acid groups (broad SMARTS) is 1. The predicted molar refractivity (Wildman–Crippen MR) is 163 cm³/mol. The molecule has 4 rings (SSSR count). The molecule has 1 heterocycles. The third-order valence-corrected chi connectivity index (χ3v) is 13.9. The van der Waals surface area contributed by atoms with Crippen molar-refractivity contribution in [1.29, 1.82) is 0 Å². The van der Waals surface area contributed by atoms with Crippen molar-refractivity contribution in [3.8, 4) is 5.75 Å². The molecule has 1 aliphatic heterocycles. The van der Waals surface area contributed by atoms with Gasteiger partial charge in [0.25, 0.3) is 6.09 Å².